The van der Waals surface area contributed by atoms with E-state index in [1.807, 2.05) is 11.8 Å². The fraction of sp³-hybridized carbons (Fsp3) is 0.571. The smallest absolute Gasteiger partial charge is 0.260 e. The molecule has 1 aromatic rings. The van der Waals surface area contributed by atoms with Crippen LogP contribution in [0.3, 0.4) is 0 Å². The number of carbonyl (C=O) groups excluding carboxylic acids is 1. The Labute approximate surface area is 106 Å². The van der Waals surface area contributed by atoms with Crippen LogP contribution in [-0.2, 0) is 0 Å². The minimum absolute atomic E-state index is 0.106. The van der Waals surface area contributed by atoms with E-state index >= 15 is 0 Å². The third-order valence-electron chi connectivity index (χ3n) is 4.30. The van der Waals surface area contributed by atoms with Gasteiger partial charge in [-0.3, -0.25) is 9.59 Å². The molecular formula is C14H18N2O2. The van der Waals surface area contributed by atoms with E-state index in [0.29, 0.717) is 11.8 Å². The van der Waals surface area contributed by atoms with Gasteiger partial charge in [0.25, 0.3) is 11.5 Å². The van der Waals surface area contributed by atoms with Crippen molar-refractivity contribution in [1.29, 1.82) is 0 Å². The second-order valence-electron chi connectivity index (χ2n) is 5.55. The standard InChI is InChI=1S/C14H18N2O2/c1-9-5-6-12(13(17)15-9)14(18)16-7-10-3-2-4-11(10)8-16/h5-6,10-11H,2-4,7-8H2,1H3,(H,15,17). The number of hydrogen-bond acceptors (Lipinski definition) is 2. The largest absolute Gasteiger partial charge is 0.338 e. The first-order chi connectivity index (χ1) is 8.65. The second kappa shape index (κ2) is 4.26. The minimum Gasteiger partial charge on any atom is -0.338 e. The van der Waals surface area contributed by atoms with E-state index in [1.54, 1.807) is 12.1 Å². The molecule has 1 amide bonds. The number of aromatic amines is 1. The molecule has 0 aromatic carbocycles. The Morgan fingerprint density at radius 3 is 2.56 bits per heavy atom. The molecule has 96 valence electrons. The van der Waals surface area contributed by atoms with Crippen molar-refractivity contribution in [3.63, 3.8) is 0 Å². The predicted molar refractivity (Wildman–Crippen MR) is 68.5 cm³/mol. The molecule has 3 rings (SSSR count). The molecule has 2 aliphatic rings. The molecule has 1 aromatic heterocycles. The van der Waals surface area contributed by atoms with Crippen LogP contribution in [0.1, 0.15) is 35.3 Å². The molecule has 2 heterocycles. The number of likely N-dealkylation sites (tertiary alicyclic amines) is 1. The number of hydrogen-bond donors (Lipinski definition) is 1. The maximum atomic E-state index is 12.3. The van der Waals surface area contributed by atoms with Gasteiger partial charge in [-0.05, 0) is 43.7 Å². The highest BCUT2D eigenvalue weighted by Crippen LogP contribution is 2.37. The van der Waals surface area contributed by atoms with Crippen LogP contribution in [0, 0.1) is 18.8 Å². The summed E-state index contributed by atoms with van der Waals surface area (Å²) in [5.74, 6) is 1.22. The monoisotopic (exact) mass is 246 g/mol. The summed E-state index contributed by atoms with van der Waals surface area (Å²) in [6.45, 7) is 3.48. The summed E-state index contributed by atoms with van der Waals surface area (Å²) in [5.41, 5.74) is 0.799. The van der Waals surface area contributed by atoms with Crippen molar-refractivity contribution in [1.82, 2.24) is 9.88 Å². The van der Waals surface area contributed by atoms with Crippen molar-refractivity contribution in [2.45, 2.75) is 26.2 Å². The maximum Gasteiger partial charge on any atom is 0.260 e. The van der Waals surface area contributed by atoms with E-state index in [0.717, 1.165) is 18.8 Å². The number of fused-ring (bicyclic) bond motifs is 1. The molecule has 2 unspecified atom stereocenters. The molecule has 2 fully saturated rings. The number of rotatable bonds is 1. The number of pyridine rings is 1. The molecule has 1 saturated heterocycles. The van der Waals surface area contributed by atoms with Crippen LogP contribution in [0.25, 0.3) is 0 Å². The molecule has 1 saturated carbocycles. The van der Waals surface area contributed by atoms with E-state index in [-0.39, 0.29) is 17.0 Å². The van der Waals surface area contributed by atoms with Gasteiger partial charge in [-0.2, -0.15) is 0 Å². The first kappa shape index (κ1) is 11.5. The van der Waals surface area contributed by atoms with Gasteiger partial charge in [0.1, 0.15) is 5.56 Å². The fourth-order valence-electron chi connectivity index (χ4n) is 3.31. The Morgan fingerprint density at radius 2 is 1.94 bits per heavy atom. The van der Waals surface area contributed by atoms with E-state index in [2.05, 4.69) is 4.98 Å². The number of nitrogens with one attached hydrogen (secondary N) is 1. The minimum atomic E-state index is -0.267. The van der Waals surface area contributed by atoms with Crippen LogP contribution in [0.2, 0.25) is 0 Å². The molecule has 0 radical (unpaired) electrons. The Balaban J connectivity index is 1.81. The summed E-state index contributed by atoms with van der Waals surface area (Å²) in [4.78, 5) is 28.6. The number of H-pyrrole nitrogens is 1. The van der Waals surface area contributed by atoms with Gasteiger partial charge in [0.2, 0.25) is 0 Å². The van der Waals surface area contributed by atoms with E-state index in [9.17, 15) is 9.59 Å². The Morgan fingerprint density at radius 1 is 1.28 bits per heavy atom. The van der Waals surface area contributed by atoms with Crippen molar-refractivity contribution in [2.24, 2.45) is 11.8 Å². The lowest BCUT2D eigenvalue weighted by Crippen LogP contribution is -2.33. The van der Waals surface area contributed by atoms with Crippen LogP contribution in [0.15, 0.2) is 16.9 Å². The number of nitrogens with zero attached hydrogens (tertiary/aromatic N) is 1. The van der Waals surface area contributed by atoms with Gasteiger partial charge >= 0.3 is 0 Å². The summed E-state index contributed by atoms with van der Waals surface area (Å²) >= 11 is 0. The lowest BCUT2D eigenvalue weighted by Gasteiger charge is -2.16. The average Bonchev–Trinajstić information content (AvgIpc) is 2.87. The van der Waals surface area contributed by atoms with Crippen molar-refractivity contribution in [2.75, 3.05) is 13.1 Å². The maximum absolute atomic E-state index is 12.3. The van der Waals surface area contributed by atoms with Crippen LogP contribution in [0.5, 0.6) is 0 Å². The molecule has 18 heavy (non-hydrogen) atoms. The molecular weight excluding hydrogens is 228 g/mol. The van der Waals surface area contributed by atoms with Gasteiger partial charge in [0.05, 0.1) is 0 Å². The van der Waals surface area contributed by atoms with Crippen LogP contribution in [0.4, 0.5) is 0 Å². The van der Waals surface area contributed by atoms with Crippen molar-refractivity contribution >= 4 is 5.91 Å². The van der Waals surface area contributed by atoms with Gasteiger partial charge < -0.3 is 9.88 Å². The molecule has 4 nitrogen and oxygen atoms in total. The van der Waals surface area contributed by atoms with Gasteiger partial charge in [0.15, 0.2) is 0 Å². The molecule has 4 heteroatoms. The molecule has 1 aliphatic carbocycles. The van der Waals surface area contributed by atoms with Crippen LogP contribution in [-0.4, -0.2) is 28.9 Å². The van der Waals surface area contributed by atoms with Crippen LogP contribution >= 0.6 is 0 Å². The SMILES string of the molecule is Cc1ccc(C(=O)N2CC3CCCC3C2)c(=O)[nH]1. The van der Waals surface area contributed by atoms with Crippen molar-refractivity contribution in [3.05, 3.63) is 33.7 Å². The normalized spacial score (nSPS) is 26.4. The third kappa shape index (κ3) is 1.85. The van der Waals surface area contributed by atoms with Crippen molar-refractivity contribution in [3.8, 4) is 0 Å². The number of aromatic nitrogens is 1. The average molecular weight is 246 g/mol. The Hall–Kier alpha value is -1.58. The highest BCUT2D eigenvalue weighted by Gasteiger charge is 2.38. The Kier molecular flexibility index (Phi) is 2.73. The zero-order valence-corrected chi connectivity index (χ0v) is 10.6. The van der Waals surface area contributed by atoms with Gasteiger partial charge in [-0.25, -0.2) is 0 Å². The van der Waals surface area contributed by atoms with Gasteiger partial charge in [-0.15, -0.1) is 0 Å². The fourth-order valence-corrected chi connectivity index (χ4v) is 3.31. The summed E-state index contributed by atoms with van der Waals surface area (Å²) in [7, 11) is 0. The van der Waals surface area contributed by atoms with Gasteiger partial charge in [-0.1, -0.05) is 6.42 Å². The highest BCUT2D eigenvalue weighted by atomic mass is 16.2. The topological polar surface area (TPSA) is 53.2 Å². The van der Waals surface area contributed by atoms with Crippen molar-refractivity contribution < 1.29 is 4.79 Å². The first-order valence-electron chi connectivity index (χ1n) is 6.64. The second-order valence-corrected chi connectivity index (χ2v) is 5.55. The first-order valence-corrected chi connectivity index (χ1v) is 6.64. The number of carbonyl (C=O) groups is 1. The number of aryl methyl sites for hydroxylation is 1. The molecule has 1 aliphatic heterocycles. The lowest BCUT2D eigenvalue weighted by molar-refractivity contribution is 0.0779. The summed E-state index contributed by atoms with van der Waals surface area (Å²) < 4.78 is 0. The summed E-state index contributed by atoms with van der Waals surface area (Å²) in [6.07, 6.45) is 3.76. The predicted octanol–water partition coefficient (Wildman–Crippen LogP) is 1.56. The van der Waals surface area contributed by atoms with Gasteiger partial charge in [0, 0.05) is 18.8 Å². The summed E-state index contributed by atoms with van der Waals surface area (Å²) in [6, 6.07) is 3.43. The third-order valence-corrected chi connectivity index (χ3v) is 4.30. The molecule has 1 N–H and O–H groups in total. The zero-order valence-electron chi connectivity index (χ0n) is 10.6. The molecule has 0 spiro atoms. The van der Waals surface area contributed by atoms with E-state index in [1.165, 1.54) is 19.3 Å². The molecule has 2 atom stereocenters. The van der Waals surface area contributed by atoms with E-state index in [4.69, 9.17) is 0 Å². The Bertz CT molecular complexity index is 523. The number of amides is 1. The zero-order chi connectivity index (χ0) is 12.7. The van der Waals surface area contributed by atoms with E-state index < -0.39 is 0 Å². The molecule has 0 bridgehead atoms. The van der Waals surface area contributed by atoms with Crippen LogP contribution < -0.4 is 5.56 Å². The quantitative estimate of drug-likeness (QED) is 0.817. The highest BCUT2D eigenvalue weighted by molar-refractivity contribution is 5.94. The lowest BCUT2D eigenvalue weighted by atomic mass is 10.0. The summed E-state index contributed by atoms with van der Waals surface area (Å²) in [5, 5.41) is 0.